The van der Waals surface area contributed by atoms with E-state index < -0.39 is 135 Å². The number of aliphatic hydroxyl groups excluding tert-OH is 12. The molecule has 3 aliphatic heterocycles. The van der Waals surface area contributed by atoms with E-state index in [1.165, 1.54) is 0 Å². The Labute approximate surface area is 252 Å². The molecule has 256 valence electrons. The minimum Gasteiger partial charge on any atom is -0.427 e. The second-order valence-corrected chi connectivity index (χ2v) is 12.8. The lowest BCUT2D eigenvalue weighted by Gasteiger charge is -2.49. The van der Waals surface area contributed by atoms with Crippen molar-refractivity contribution in [3.8, 4) is 0 Å². The van der Waals surface area contributed by atoms with E-state index in [0.717, 1.165) is 0 Å². The zero-order valence-electron chi connectivity index (χ0n) is 23.9. The van der Waals surface area contributed by atoms with Gasteiger partial charge in [0.25, 0.3) is 0 Å². The average molecular weight is 644 g/mol. The third-order valence-corrected chi connectivity index (χ3v) is 9.94. The lowest BCUT2D eigenvalue weighted by Crippen LogP contribution is -2.64. The molecule has 3 heterocycles. The molecule has 2 saturated carbocycles. The van der Waals surface area contributed by atoms with Gasteiger partial charge < -0.3 is 85.0 Å². The van der Waals surface area contributed by atoms with Gasteiger partial charge in [0.05, 0.1) is 43.5 Å². The van der Waals surface area contributed by atoms with Crippen molar-refractivity contribution < 1.29 is 85.0 Å². The van der Waals surface area contributed by atoms with Crippen molar-refractivity contribution in [2.45, 2.75) is 142 Å². The van der Waals surface area contributed by atoms with Gasteiger partial charge in [-0.05, 0) is 19.3 Å². The molecule has 0 amide bonds. The third kappa shape index (κ3) is 6.81. The second kappa shape index (κ2) is 14.2. The Kier molecular flexibility index (Phi) is 11.2. The smallest absolute Gasteiger partial charge is 0.187 e. The first kappa shape index (κ1) is 34.6. The van der Waals surface area contributed by atoms with Gasteiger partial charge in [-0.1, -0.05) is 0 Å². The minimum atomic E-state index is -1.69. The van der Waals surface area contributed by atoms with Gasteiger partial charge in [-0.3, -0.25) is 0 Å². The maximum Gasteiger partial charge on any atom is 0.187 e. The molecular formula is C27H47O17+. The summed E-state index contributed by atoms with van der Waals surface area (Å²) in [7, 11) is 0. The van der Waals surface area contributed by atoms with E-state index in [1.54, 1.807) is 0 Å². The maximum absolute atomic E-state index is 11.2. The van der Waals surface area contributed by atoms with Gasteiger partial charge in [0, 0.05) is 18.8 Å². The number of hydrogen-bond acceptors (Lipinski definition) is 16. The molecule has 0 bridgehead atoms. The summed E-state index contributed by atoms with van der Waals surface area (Å²) in [5.41, 5.74) is 0. The minimum absolute atomic E-state index is 0.0473. The van der Waals surface area contributed by atoms with Crippen LogP contribution in [0.1, 0.15) is 32.1 Å². The van der Waals surface area contributed by atoms with Crippen LogP contribution in [0.3, 0.4) is 0 Å². The Bertz CT molecular complexity index is 915. The quantitative estimate of drug-likeness (QED) is 0.115. The highest BCUT2D eigenvalue weighted by Gasteiger charge is 2.56. The largest absolute Gasteiger partial charge is 0.427 e. The first-order valence-corrected chi connectivity index (χ1v) is 15.2. The molecule has 0 aromatic rings. The van der Waals surface area contributed by atoms with Crippen molar-refractivity contribution in [3.05, 3.63) is 0 Å². The summed E-state index contributed by atoms with van der Waals surface area (Å²) >= 11 is 0. The fourth-order valence-corrected chi connectivity index (χ4v) is 7.38. The molecular weight excluding hydrogens is 596 g/mol. The van der Waals surface area contributed by atoms with Crippen LogP contribution >= 0.6 is 0 Å². The number of hydrogen-bond donors (Lipinski definition) is 12. The Morgan fingerprint density at radius 3 is 1.59 bits per heavy atom. The van der Waals surface area contributed by atoms with Crippen molar-refractivity contribution in [2.75, 3.05) is 13.2 Å². The summed E-state index contributed by atoms with van der Waals surface area (Å²) in [6.07, 6.45) is -22.4. The molecule has 44 heavy (non-hydrogen) atoms. The van der Waals surface area contributed by atoms with Crippen molar-refractivity contribution in [3.63, 3.8) is 0 Å². The van der Waals surface area contributed by atoms with Crippen LogP contribution in [-0.4, -0.2) is 189 Å². The highest BCUT2D eigenvalue weighted by Crippen LogP contribution is 2.43. The molecule has 17 heteroatoms. The Hall–Kier alpha value is -0.680. The van der Waals surface area contributed by atoms with Gasteiger partial charge in [0.1, 0.15) is 61.0 Å². The molecule has 3 saturated heterocycles. The van der Waals surface area contributed by atoms with Crippen LogP contribution in [-0.2, 0) is 18.9 Å². The molecule has 2 aliphatic carbocycles. The topological polar surface area (TPSA) is 292 Å². The normalized spacial score (nSPS) is 55.4. The van der Waals surface area contributed by atoms with Crippen LogP contribution < -0.4 is 0 Å². The van der Waals surface area contributed by atoms with Crippen LogP contribution in [0.5, 0.6) is 0 Å². The van der Waals surface area contributed by atoms with Crippen LogP contribution in [0.15, 0.2) is 0 Å². The van der Waals surface area contributed by atoms with Gasteiger partial charge in [-0.2, -0.15) is 0 Å². The molecule has 0 aromatic heterocycles. The predicted octanol–water partition coefficient (Wildman–Crippen LogP) is -6.71. The Balaban J connectivity index is 1.33. The highest BCUT2D eigenvalue weighted by molar-refractivity contribution is 5.00. The second-order valence-electron chi connectivity index (χ2n) is 12.8. The summed E-state index contributed by atoms with van der Waals surface area (Å²) in [5, 5.41) is 123. The maximum atomic E-state index is 11.2. The zero-order valence-corrected chi connectivity index (χ0v) is 23.9. The molecule has 8 unspecified atom stereocenters. The van der Waals surface area contributed by atoms with Crippen molar-refractivity contribution in [1.82, 2.24) is 0 Å². The summed E-state index contributed by atoms with van der Waals surface area (Å²) in [4.78, 5) is 0. The van der Waals surface area contributed by atoms with E-state index in [-0.39, 0.29) is 32.1 Å². The lowest BCUT2D eigenvalue weighted by atomic mass is 9.72. The Morgan fingerprint density at radius 1 is 0.545 bits per heavy atom. The van der Waals surface area contributed by atoms with Gasteiger partial charge in [-0.15, -0.1) is 0 Å². The first-order valence-electron chi connectivity index (χ1n) is 15.2. The number of aliphatic hydroxyl groups is 14. The molecule has 0 spiro atoms. The zero-order chi connectivity index (χ0) is 32.0. The lowest BCUT2D eigenvalue weighted by molar-refractivity contribution is -0.363. The molecule has 13 N–H and O–H groups in total. The van der Waals surface area contributed by atoms with E-state index in [0.29, 0.717) is 0 Å². The van der Waals surface area contributed by atoms with E-state index in [4.69, 9.17) is 23.7 Å². The van der Waals surface area contributed by atoms with Crippen molar-refractivity contribution in [2.24, 2.45) is 11.8 Å². The van der Waals surface area contributed by atoms with Crippen molar-refractivity contribution >= 4 is 0 Å². The predicted molar refractivity (Wildman–Crippen MR) is 141 cm³/mol. The first-order chi connectivity index (χ1) is 20.8. The van der Waals surface area contributed by atoms with Crippen LogP contribution in [0.4, 0.5) is 0 Å². The summed E-state index contributed by atoms with van der Waals surface area (Å²) < 4.78 is 28.0. The highest BCUT2D eigenvalue weighted by atomic mass is 16.7. The van der Waals surface area contributed by atoms with E-state index in [9.17, 15) is 61.3 Å². The van der Waals surface area contributed by atoms with Crippen LogP contribution in [0.25, 0.3) is 0 Å². The van der Waals surface area contributed by atoms with Crippen LogP contribution in [0.2, 0.25) is 0 Å². The third-order valence-electron chi connectivity index (χ3n) is 9.94. The van der Waals surface area contributed by atoms with E-state index in [2.05, 4.69) is 0 Å². The monoisotopic (exact) mass is 643 g/mol. The molecule has 17 nitrogen and oxygen atoms in total. The number of ether oxygens (including phenoxy) is 5. The SMILES string of the molecule is OC[C@H]1O[C@@H](OC2CC(O)C3CC(O[C@@H]4O[C@H](CO)[C@@H](O)[C@H](O)[C@H]4O)C(C4CC(O)C(O)C(O)C4)[OH+]C3C2)[C@H](O)[C@@H](O)[C@@H]1O. The summed E-state index contributed by atoms with van der Waals surface area (Å²) in [5.74, 6) is -1.03. The number of rotatable bonds is 7. The fourth-order valence-electron chi connectivity index (χ4n) is 7.38. The Morgan fingerprint density at radius 2 is 1.07 bits per heavy atom. The molecule has 18 atom stereocenters. The van der Waals surface area contributed by atoms with Gasteiger partial charge in [0.2, 0.25) is 0 Å². The summed E-state index contributed by atoms with van der Waals surface area (Å²) in [6.45, 7) is -1.30. The standard InChI is InChI=1S/C27H46O17/c28-6-16-19(34)21(36)23(38)26(43-16)40-9-3-11(30)10-5-15(42-27-24(39)22(37)20(35)17(7-29)44-27)25(41-14(10)4-9)8-1-12(31)18(33)13(32)2-8/h8-39H,1-7H2/p+1/t8?,9?,10?,11?,12?,13?,14?,15?,16-,17-,18?,19-,20-,21+,22+,23-,24-,25?,26-,27-/m1/s1. The average Bonchev–Trinajstić information content (AvgIpc) is 3.00. The fraction of sp³-hybridized carbons (Fsp3) is 1.00. The van der Waals surface area contributed by atoms with Crippen molar-refractivity contribution in [1.29, 1.82) is 0 Å². The van der Waals surface area contributed by atoms with Crippen LogP contribution in [0, 0.1) is 11.8 Å². The molecule has 5 aliphatic rings. The van der Waals surface area contributed by atoms with E-state index in [1.807, 2.05) is 0 Å². The number of fused-ring (bicyclic) bond motifs is 1. The van der Waals surface area contributed by atoms with E-state index >= 15 is 0 Å². The summed E-state index contributed by atoms with van der Waals surface area (Å²) in [6, 6.07) is 0. The molecule has 0 radical (unpaired) electrons. The van der Waals surface area contributed by atoms with Gasteiger partial charge in [0.15, 0.2) is 24.8 Å². The molecule has 5 fully saturated rings. The molecule has 5 rings (SSSR count). The van der Waals surface area contributed by atoms with Gasteiger partial charge >= 0.3 is 0 Å². The van der Waals surface area contributed by atoms with Gasteiger partial charge in [-0.25, -0.2) is 0 Å². The molecule has 0 aromatic carbocycles.